The average molecular weight is 346 g/mol. The van der Waals surface area contributed by atoms with Gasteiger partial charge in [0.1, 0.15) is 0 Å². The lowest BCUT2D eigenvalue weighted by Crippen LogP contribution is -2.33. The van der Waals surface area contributed by atoms with Crippen LogP contribution >= 0.6 is 11.3 Å². The van der Waals surface area contributed by atoms with Crippen molar-refractivity contribution in [3.63, 3.8) is 0 Å². The molecule has 5 nitrogen and oxygen atoms in total. The van der Waals surface area contributed by atoms with Crippen LogP contribution in [0.3, 0.4) is 0 Å². The molecule has 2 heterocycles. The van der Waals surface area contributed by atoms with Gasteiger partial charge in [-0.3, -0.25) is 0 Å². The number of nitrogens with zero attached hydrogens (tertiary/aromatic N) is 3. The Balaban J connectivity index is 1.74. The summed E-state index contributed by atoms with van der Waals surface area (Å²) in [5, 5.41) is 9.73. The number of aliphatic imine (C=N–C) groups is 1. The normalized spacial score (nSPS) is 19.5. The van der Waals surface area contributed by atoms with Gasteiger partial charge in [-0.15, -0.1) is 11.3 Å². The van der Waals surface area contributed by atoms with Crippen molar-refractivity contribution in [2.75, 3.05) is 33.2 Å². The number of aromatic nitrogens is 1. The number of rotatable bonds is 5. The molecule has 2 rings (SSSR count). The van der Waals surface area contributed by atoms with E-state index in [2.05, 4.69) is 43.6 Å². The van der Waals surface area contributed by atoms with Crippen LogP contribution in [0.2, 0.25) is 0 Å². The number of hydrogen-bond acceptors (Lipinski definition) is 6. The van der Waals surface area contributed by atoms with Crippen LogP contribution in [-0.2, 0) is 0 Å². The fraction of sp³-hybridized carbons (Fsp3) is 0.556. The zero-order valence-corrected chi connectivity index (χ0v) is 15.2. The fourth-order valence-electron chi connectivity index (χ4n) is 2.48. The van der Waals surface area contributed by atoms with Gasteiger partial charge < -0.3 is 20.5 Å². The van der Waals surface area contributed by atoms with Gasteiger partial charge in [0, 0.05) is 63.4 Å². The van der Waals surface area contributed by atoms with Crippen molar-refractivity contribution < 1.29 is 0 Å². The van der Waals surface area contributed by atoms with E-state index in [1.54, 1.807) is 24.6 Å². The van der Waals surface area contributed by atoms with E-state index in [0.717, 1.165) is 44.0 Å². The molecule has 0 spiro atoms. The third kappa shape index (κ3) is 7.62. The molecule has 0 amide bonds. The fourth-order valence-corrected chi connectivity index (χ4v) is 2.97. The van der Waals surface area contributed by atoms with Crippen LogP contribution in [-0.4, -0.2) is 55.4 Å². The molecular formula is C18H27N5S. The number of nitrogens with one attached hydrogen (secondary N) is 2. The van der Waals surface area contributed by atoms with Crippen LogP contribution in [0.1, 0.15) is 30.7 Å². The molecule has 24 heavy (non-hydrogen) atoms. The molecule has 1 aromatic rings. The quantitative estimate of drug-likeness (QED) is 0.487. The van der Waals surface area contributed by atoms with E-state index in [4.69, 9.17) is 0 Å². The standard InChI is InChI=1S/C18H27N5S/c1-19-8-4-9-20-10-14-23-13-3-2-5-17(21-11-15-23)6-7-18-22-12-16-24-18/h8,10,12,14,16-17,20-21H,2-5,9,11,13,15H2,1H3/b14-10+,19-8?. The van der Waals surface area contributed by atoms with Crippen molar-refractivity contribution >= 4 is 17.6 Å². The summed E-state index contributed by atoms with van der Waals surface area (Å²) in [6.07, 6.45) is 12.4. The van der Waals surface area contributed by atoms with E-state index >= 15 is 0 Å². The Morgan fingerprint density at radius 3 is 3.29 bits per heavy atom. The van der Waals surface area contributed by atoms with E-state index in [1.807, 2.05) is 17.8 Å². The predicted octanol–water partition coefficient (Wildman–Crippen LogP) is 2.09. The number of hydrogen-bond donors (Lipinski definition) is 2. The zero-order chi connectivity index (χ0) is 16.9. The van der Waals surface area contributed by atoms with Crippen molar-refractivity contribution in [2.45, 2.75) is 31.7 Å². The first-order valence-corrected chi connectivity index (χ1v) is 9.45. The molecule has 130 valence electrons. The monoisotopic (exact) mass is 345 g/mol. The molecule has 0 saturated carbocycles. The Kier molecular flexibility index (Phi) is 8.99. The first-order valence-electron chi connectivity index (χ1n) is 8.57. The van der Waals surface area contributed by atoms with Crippen molar-refractivity contribution in [3.05, 3.63) is 29.0 Å². The van der Waals surface area contributed by atoms with Gasteiger partial charge in [-0.2, -0.15) is 0 Å². The molecule has 1 unspecified atom stereocenters. The van der Waals surface area contributed by atoms with E-state index in [-0.39, 0.29) is 6.04 Å². The highest BCUT2D eigenvalue weighted by molar-refractivity contribution is 7.10. The van der Waals surface area contributed by atoms with Crippen LogP contribution < -0.4 is 10.6 Å². The van der Waals surface area contributed by atoms with Crippen molar-refractivity contribution in [2.24, 2.45) is 4.99 Å². The van der Waals surface area contributed by atoms with E-state index < -0.39 is 0 Å². The molecule has 1 fully saturated rings. The minimum atomic E-state index is 0.268. The van der Waals surface area contributed by atoms with Gasteiger partial charge in [0.15, 0.2) is 5.01 Å². The summed E-state index contributed by atoms with van der Waals surface area (Å²) in [7, 11) is 1.81. The van der Waals surface area contributed by atoms with Crippen LogP contribution in [0.4, 0.5) is 0 Å². The molecule has 6 heteroatoms. The molecule has 2 N–H and O–H groups in total. The van der Waals surface area contributed by atoms with Crippen LogP contribution in [0.25, 0.3) is 0 Å². The first kappa shape index (κ1) is 18.5. The summed E-state index contributed by atoms with van der Waals surface area (Å²) in [6, 6.07) is 0.268. The van der Waals surface area contributed by atoms with Crippen molar-refractivity contribution in [1.29, 1.82) is 0 Å². The third-order valence-electron chi connectivity index (χ3n) is 3.77. The van der Waals surface area contributed by atoms with Gasteiger partial charge in [0.05, 0.1) is 6.04 Å². The summed E-state index contributed by atoms with van der Waals surface area (Å²) in [4.78, 5) is 10.6. The summed E-state index contributed by atoms with van der Waals surface area (Å²) in [6.45, 7) is 3.98. The predicted molar refractivity (Wildman–Crippen MR) is 102 cm³/mol. The molecule has 0 aliphatic carbocycles. The molecule has 1 aliphatic heterocycles. The van der Waals surface area contributed by atoms with E-state index in [1.165, 1.54) is 12.8 Å². The van der Waals surface area contributed by atoms with Gasteiger partial charge in [-0.05, 0) is 31.6 Å². The molecule has 1 aliphatic rings. The zero-order valence-electron chi connectivity index (χ0n) is 14.4. The molecule has 0 bridgehead atoms. The average Bonchev–Trinajstić information content (AvgIpc) is 3.13. The third-order valence-corrected chi connectivity index (χ3v) is 4.46. The highest BCUT2D eigenvalue weighted by Crippen LogP contribution is 2.07. The van der Waals surface area contributed by atoms with Crippen LogP contribution in [0.15, 0.2) is 29.0 Å². The van der Waals surface area contributed by atoms with Gasteiger partial charge in [0.25, 0.3) is 0 Å². The molecule has 1 saturated heterocycles. The highest BCUT2D eigenvalue weighted by Gasteiger charge is 2.09. The maximum atomic E-state index is 4.22. The minimum Gasteiger partial charge on any atom is -0.389 e. The lowest BCUT2D eigenvalue weighted by atomic mass is 10.1. The van der Waals surface area contributed by atoms with Crippen LogP contribution in [0, 0.1) is 11.8 Å². The molecular weight excluding hydrogens is 318 g/mol. The lowest BCUT2D eigenvalue weighted by molar-refractivity contribution is 0.371. The maximum Gasteiger partial charge on any atom is 0.166 e. The summed E-state index contributed by atoms with van der Waals surface area (Å²) < 4.78 is 0. The summed E-state index contributed by atoms with van der Waals surface area (Å²) in [5.41, 5.74) is 0. The van der Waals surface area contributed by atoms with Crippen LogP contribution in [0.5, 0.6) is 0 Å². The van der Waals surface area contributed by atoms with Crippen molar-refractivity contribution in [1.82, 2.24) is 20.5 Å². The minimum absolute atomic E-state index is 0.268. The maximum absolute atomic E-state index is 4.22. The van der Waals surface area contributed by atoms with Gasteiger partial charge in [-0.1, -0.05) is 5.92 Å². The SMILES string of the molecule is CN=CCCN/C=C/N1CCCCC(C#Cc2nccs2)NCC1. The molecule has 1 aromatic heterocycles. The van der Waals surface area contributed by atoms with Gasteiger partial charge in [0.2, 0.25) is 0 Å². The Hall–Kier alpha value is -1.84. The highest BCUT2D eigenvalue weighted by atomic mass is 32.1. The molecule has 1 atom stereocenters. The Morgan fingerprint density at radius 2 is 2.46 bits per heavy atom. The van der Waals surface area contributed by atoms with E-state index in [9.17, 15) is 0 Å². The van der Waals surface area contributed by atoms with E-state index in [0.29, 0.717) is 0 Å². The Labute approximate surface area is 149 Å². The largest absolute Gasteiger partial charge is 0.389 e. The topological polar surface area (TPSA) is 52.6 Å². The van der Waals surface area contributed by atoms with Crippen molar-refractivity contribution in [3.8, 4) is 11.8 Å². The molecule has 0 radical (unpaired) electrons. The summed E-state index contributed by atoms with van der Waals surface area (Å²) >= 11 is 1.60. The number of thiazole rings is 1. The lowest BCUT2D eigenvalue weighted by Gasteiger charge is -2.19. The molecule has 0 aromatic carbocycles. The second-order valence-corrected chi connectivity index (χ2v) is 6.54. The second kappa shape index (κ2) is 11.7. The smallest absolute Gasteiger partial charge is 0.166 e. The summed E-state index contributed by atoms with van der Waals surface area (Å²) in [5.74, 6) is 6.51. The second-order valence-electron chi connectivity index (χ2n) is 5.64. The Bertz CT molecular complexity index is 556. The van der Waals surface area contributed by atoms with Gasteiger partial charge >= 0.3 is 0 Å². The Morgan fingerprint density at radius 1 is 1.50 bits per heavy atom. The first-order chi connectivity index (χ1) is 11.9. The van der Waals surface area contributed by atoms with Gasteiger partial charge in [-0.25, -0.2) is 4.98 Å².